The lowest BCUT2D eigenvalue weighted by molar-refractivity contribution is 0.199. The Balaban J connectivity index is 1.67. The van der Waals surface area contributed by atoms with Crippen molar-refractivity contribution in [2.75, 3.05) is 19.6 Å². The van der Waals surface area contributed by atoms with E-state index in [2.05, 4.69) is 71.7 Å². The zero-order valence-corrected chi connectivity index (χ0v) is 12.0. The summed E-state index contributed by atoms with van der Waals surface area (Å²) < 4.78 is 0. The Bertz CT molecular complexity index is 533. The number of nitrogens with zero attached hydrogens (tertiary/aromatic N) is 1. The number of rotatable bonds is 3. The molecule has 0 amide bonds. The Morgan fingerprint density at radius 1 is 1.00 bits per heavy atom. The van der Waals surface area contributed by atoms with Crippen molar-refractivity contribution in [3.8, 4) is 11.1 Å². The molecule has 3 rings (SSSR count). The maximum Gasteiger partial charge on any atom is 0.0234 e. The first kappa shape index (κ1) is 13.3. The van der Waals surface area contributed by atoms with Crippen molar-refractivity contribution in [2.45, 2.75) is 19.5 Å². The van der Waals surface area contributed by atoms with Crippen molar-refractivity contribution in [3.05, 3.63) is 60.2 Å². The lowest BCUT2D eigenvalue weighted by atomic mass is 10.0. The van der Waals surface area contributed by atoms with Crippen LogP contribution in [0.1, 0.15) is 12.5 Å². The number of nitrogens with one attached hydrogen (secondary N) is 1. The molecule has 1 N–H and O–H groups in total. The van der Waals surface area contributed by atoms with Gasteiger partial charge >= 0.3 is 0 Å². The summed E-state index contributed by atoms with van der Waals surface area (Å²) >= 11 is 0. The van der Waals surface area contributed by atoms with E-state index in [1.54, 1.807) is 0 Å². The van der Waals surface area contributed by atoms with E-state index in [-0.39, 0.29) is 0 Å². The van der Waals surface area contributed by atoms with Gasteiger partial charge in [0, 0.05) is 32.2 Å². The summed E-state index contributed by atoms with van der Waals surface area (Å²) in [5, 5.41) is 3.49. The molecule has 1 aliphatic heterocycles. The molecule has 20 heavy (non-hydrogen) atoms. The van der Waals surface area contributed by atoms with Crippen LogP contribution in [0.3, 0.4) is 0 Å². The molecule has 0 radical (unpaired) electrons. The van der Waals surface area contributed by atoms with E-state index in [1.165, 1.54) is 16.7 Å². The van der Waals surface area contributed by atoms with Crippen LogP contribution in [0.4, 0.5) is 0 Å². The first-order valence-corrected chi connectivity index (χ1v) is 7.41. The van der Waals surface area contributed by atoms with E-state index in [0.717, 1.165) is 26.2 Å². The summed E-state index contributed by atoms with van der Waals surface area (Å²) in [4.78, 5) is 2.53. The van der Waals surface area contributed by atoms with Crippen molar-refractivity contribution in [1.29, 1.82) is 0 Å². The maximum absolute atomic E-state index is 3.49. The number of hydrogen-bond acceptors (Lipinski definition) is 2. The number of hydrogen-bond donors (Lipinski definition) is 1. The Hall–Kier alpha value is -1.64. The van der Waals surface area contributed by atoms with Crippen LogP contribution in [0.15, 0.2) is 54.6 Å². The van der Waals surface area contributed by atoms with E-state index < -0.39 is 0 Å². The second-order valence-electron chi connectivity index (χ2n) is 5.65. The van der Waals surface area contributed by atoms with Crippen molar-refractivity contribution in [3.63, 3.8) is 0 Å². The molecular weight excluding hydrogens is 244 g/mol. The smallest absolute Gasteiger partial charge is 0.0234 e. The highest BCUT2D eigenvalue weighted by molar-refractivity contribution is 5.63. The van der Waals surface area contributed by atoms with Crippen molar-refractivity contribution < 1.29 is 0 Å². The molecule has 1 fully saturated rings. The summed E-state index contributed by atoms with van der Waals surface area (Å²) in [7, 11) is 0. The highest BCUT2D eigenvalue weighted by atomic mass is 15.2. The third kappa shape index (κ3) is 3.27. The van der Waals surface area contributed by atoms with Gasteiger partial charge in [0.25, 0.3) is 0 Å². The molecule has 1 aliphatic rings. The van der Waals surface area contributed by atoms with Gasteiger partial charge in [-0.1, -0.05) is 54.6 Å². The zero-order chi connectivity index (χ0) is 13.8. The first-order chi connectivity index (χ1) is 9.81. The average molecular weight is 266 g/mol. The fraction of sp³-hybridized carbons (Fsp3) is 0.333. The highest BCUT2D eigenvalue weighted by Crippen LogP contribution is 2.20. The monoisotopic (exact) mass is 266 g/mol. The van der Waals surface area contributed by atoms with Crippen molar-refractivity contribution in [1.82, 2.24) is 10.2 Å². The van der Waals surface area contributed by atoms with Gasteiger partial charge in [-0.15, -0.1) is 0 Å². The molecule has 2 heteroatoms. The molecule has 0 saturated carbocycles. The topological polar surface area (TPSA) is 15.3 Å². The standard InChI is InChI=1S/C18H22N2/c1-15-13-20(12-11-19-15)14-16-7-9-18(10-8-16)17-5-3-2-4-6-17/h2-10,15,19H,11-14H2,1H3/t15-/m1/s1. The molecule has 2 aromatic rings. The molecule has 0 unspecified atom stereocenters. The molecule has 0 aliphatic carbocycles. The van der Waals surface area contributed by atoms with Gasteiger partial charge in [0.15, 0.2) is 0 Å². The average Bonchev–Trinajstić information content (AvgIpc) is 2.49. The van der Waals surface area contributed by atoms with Crippen molar-refractivity contribution in [2.24, 2.45) is 0 Å². The molecule has 0 spiro atoms. The lowest BCUT2D eigenvalue weighted by Gasteiger charge is -2.31. The molecule has 2 aromatic carbocycles. The third-order valence-electron chi connectivity index (χ3n) is 3.92. The Morgan fingerprint density at radius 3 is 2.40 bits per heavy atom. The van der Waals surface area contributed by atoms with Gasteiger partial charge in [0.2, 0.25) is 0 Å². The predicted octanol–water partition coefficient (Wildman–Crippen LogP) is 3.15. The van der Waals surface area contributed by atoms with Crippen molar-refractivity contribution >= 4 is 0 Å². The van der Waals surface area contributed by atoms with Gasteiger partial charge in [0.05, 0.1) is 0 Å². The van der Waals surface area contributed by atoms with Crippen LogP contribution >= 0.6 is 0 Å². The minimum absolute atomic E-state index is 0.604. The summed E-state index contributed by atoms with van der Waals surface area (Å²) in [5.74, 6) is 0. The minimum atomic E-state index is 0.604. The van der Waals surface area contributed by atoms with Crippen LogP contribution in [-0.2, 0) is 6.54 Å². The molecule has 0 bridgehead atoms. The van der Waals surface area contributed by atoms with Gasteiger partial charge in [0.1, 0.15) is 0 Å². The fourth-order valence-electron chi connectivity index (χ4n) is 2.85. The Morgan fingerprint density at radius 2 is 1.70 bits per heavy atom. The Kier molecular flexibility index (Phi) is 4.14. The molecule has 1 heterocycles. The normalized spacial score (nSPS) is 19.9. The van der Waals surface area contributed by atoms with Crippen LogP contribution in [0, 0.1) is 0 Å². The third-order valence-corrected chi connectivity index (χ3v) is 3.92. The quantitative estimate of drug-likeness (QED) is 0.918. The predicted molar refractivity (Wildman–Crippen MR) is 84.6 cm³/mol. The second kappa shape index (κ2) is 6.21. The van der Waals surface area contributed by atoms with E-state index >= 15 is 0 Å². The SMILES string of the molecule is C[C@@H]1CN(Cc2ccc(-c3ccccc3)cc2)CCN1. The first-order valence-electron chi connectivity index (χ1n) is 7.41. The van der Waals surface area contributed by atoms with Gasteiger partial charge in [-0.25, -0.2) is 0 Å². The summed E-state index contributed by atoms with van der Waals surface area (Å²) in [6.45, 7) is 6.69. The number of benzene rings is 2. The van der Waals surface area contributed by atoms with Crippen LogP contribution < -0.4 is 5.32 Å². The highest BCUT2D eigenvalue weighted by Gasteiger charge is 2.15. The van der Waals surface area contributed by atoms with Crippen LogP contribution in [0.2, 0.25) is 0 Å². The molecule has 0 aromatic heterocycles. The fourth-order valence-corrected chi connectivity index (χ4v) is 2.85. The van der Waals surface area contributed by atoms with Crippen LogP contribution in [-0.4, -0.2) is 30.6 Å². The summed E-state index contributed by atoms with van der Waals surface area (Å²) in [6.07, 6.45) is 0. The molecule has 2 nitrogen and oxygen atoms in total. The molecule has 104 valence electrons. The zero-order valence-electron chi connectivity index (χ0n) is 12.0. The largest absolute Gasteiger partial charge is 0.312 e. The van der Waals surface area contributed by atoms with Gasteiger partial charge in [-0.3, -0.25) is 4.90 Å². The van der Waals surface area contributed by atoms with E-state index in [0.29, 0.717) is 6.04 Å². The van der Waals surface area contributed by atoms with E-state index in [1.807, 2.05) is 0 Å². The Labute approximate surface area is 121 Å². The van der Waals surface area contributed by atoms with Crippen LogP contribution in [0.25, 0.3) is 11.1 Å². The summed E-state index contributed by atoms with van der Waals surface area (Å²) in [5.41, 5.74) is 3.98. The van der Waals surface area contributed by atoms with Gasteiger partial charge in [-0.05, 0) is 23.6 Å². The minimum Gasteiger partial charge on any atom is -0.312 e. The second-order valence-corrected chi connectivity index (χ2v) is 5.65. The van der Waals surface area contributed by atoms with Crippen LogP contribution in [0.5, 0.6) is 0 Å². The van der Waals surface area contributed by atoms with Gasteiger partial charge < -0.3 is 5.32 Å². The number of piperazine rings is 1. The van der Waals surface area contributed by atoms with Gasteiger partial charge in [-0.2, -0.15) is 0 Å². The van der Waals surface area contributed by atoms with E-state index in [4.69, 9.17) is 0 Å². The lowest BCUT2D eigenvalue weighted by Crippen LogP contribution is -2.48. The summed E-state index contributed by atoms with van der Waals surface area (Å²) in [6, 6.07) is 20.1. The maximum atomic E-state index is 3.49. The molecular formula is C18H22N2. The molecule has 1 atom stereocenters. The molecule has 1 saturated heterocycles. The van der Waals surface area contributed by atoms with E-state index in [9.17, 15) is 0 Å².